The number of halogens is 3. The molecule has 4 aromatic rings. The summed E-state index contributed by atoms with van der Waals surface area (Å²) in [5.74, 6) is -0.902. The van der Waals surface area contributed by atoms with E-state index in [-0.39, 0.29) is 6.54 Å². The van der Waals surface area contributed by atoms with Crippen LogP contribution in [0.15, 0.2) is 67.0 Å². The fourth-order valence-corrected chi connectivity index (χ4v) is 2.80. The van der Waals surface area contributed by atoms with Gasteiger partial charge in [-0.2, -0.15) is 18.3 Å². The van der Waals surface area contributed by atoms with E-state index in [2.05, 4.69) is 10.1 Å². The van der Waals surface area contributed by atoms with E-state index in [1.807, 2.05) is 30.3 Å². The Morgan fingerprint density at radius 2 is 1.64 bits per heavy atom. The molecule has 126 valence electrons. The molecular weight excluding hydrogens is 329 g/mol. The van der Waals surface area contributed by atoms with Gasteiger partial charge in [0.05, 0.1) is 29.5 Å². The van der Waals surface area contributed by atoms with Crippen LogP contribution in [0.3, 0.4) is 0 Å². The number of benzene rings is 2. The number of aromatic nitrogens is 4. The molecule has 4 nitrogen and oxygen atoms in total. The first kappa shape index (κ1) is 15.4. The fraction of sp³-hybridized carbons (Fsp3) is 0.111. The first-order chi connectivity index (χ1) is 12.0. The number of para-hydroxylation sites is 3. The third-order valence-electron chi connectivity index (χ3n) is 3.91. The van der Waals surface area contributed by atoms with E-state index in [9.17, 15) is 13.2 Å². The molecule has 25 heavy (non-hydrogen) atoms. The van der Waals surface area contributed by atoms with Crippen LogP contribution in [-0.4, -0.2) is 19.3 Å². The van der Waals surface area contributed by atoms with Crippen molar-refractivity contribution < 1.29 is 13.2 Å². The van der Waals surface area contributed by atoms with Gasteiger partial charge in [0.25, 0.3) is 0 Å². The van der Waals surface area contributed by atoms with Crippen molar-refractivity contribution in [3.05, 3.63) is 78.4 Å². The summed E-state index contributed by atoms with van der Waals surface area (Å²) >= 11 is 0. The zero-order valence-corrected chi connectivity index (χ0v) is 13.0. The fourth-order valence-electron chi connectivity index (χ4n) is 2.80. The van der Waals surface area contributed by atoms with E-state index in [1.165, 1.54) is 4.57 Å². The molecule has 2 aromatic carbocycles. The number of rotatable bonds is 3. The van der Waals surface area contributed by atoms with Crippen LogP contribution in [-0.2, 0) is 12.7 Å². The molecule has 0 spiro atoms. The zero-order chi connectivity index (χ0) is 17.4. The smallest absolute Gasteiger partial charge is 0.316 e. The van der Waals surface area contributed by atoms with Crippen LogP contribution in [0.4, 0.5) is 13.2 Å². The summed E-state index contributed by atoms with van der Waals surface area (Å²) in [5, 5.41) is 4.24. The molecule has 0 saturated carbocycles. The van der Waals surface area contributed by atoms with E-state index < -0.39 is 12.0 Å². The number of alkyl halides is 3. The molecule has 0 aliphatic rings. The van der Waals surface area contributed by atoms with Crippen molar-refractivity contribution in [1.82, 2.24) is 19.3 Å². The Morgan fingerprint density at radius 1 is 0.920 bits per heavy atom. The van der Waals surface area contributed by atoms with Gasteiger partial charge in [-0.15, -0.1) is 0 Å². The largest absolute Gasteiger partial charge is 0.449 e. The summed E-state index contributed by atoms with van der Waals surface area (Å²) in [4.78, 5) is 3.76. The van der Waals surface area contributed by atoms with Gasteiger partial charge in [-0.25, -0.2) is 9.67 Å². The highest BCUT2D eigenvalue weighted by Gasteiger charge is 2.37. The van der Waals surface area contributed by atoms with Crippen LogP contribution in [0.5, 0.6) is 0 Å². The lowest BCUT2D eigenvalue weighted by molar-refractivity contribution is -0.146. The highest BCUT2D eigenvalue weighted by molar-refractivity contribution is 5.76. The van der Waals surface area contributed by atoms with Gasteiger partial charge in [-0.05, 0) is 24.3 Å². The third kappa shape index (κ3) is 2.88. The predicted octanol–water partition coefficient (Wildman–Crippen LogP) is 4.29. The SMILES string of the molecule is FC(F)(F)c1nc2ccccc2n1Cc1cnn(-c2ccccc2)c1. The number of fused-ring (bicyclic) bond motifs is 1. The van der Waals surface area contributed by atoms with Gasteiger partial charge in [0.1, 0.15) is 0 Å². The Hall–Kier alpha value is -3.09. The highest BCUT2D eigenvalue weighted by Crippen LogP contribution is 2.32. The Kier molecular flexibility index (Phi) is 3.56. The van der Waals surface area contributed by atoms with E-state index in [1.54, 1.807) is 41.3 Å². The second kappa shape index (κ2) is 5.77. The van der Waals surface area contributed by atoms with Crippen molar-refractivity contribution >= 4 is 11.0 Å². The molecule has 0 bridgehead atoms. The first-order valence-corrected chi connectivity index (χ1v) is 7.64. The van der Waals surface area contributed by atoms with E-state index in [0.29, 0.717) is 16.6 Å². The van der Waals surface area contributed by atoms with Crippen molar-refractivity contribution in [2.24, 2.45) is 0 Å². The molecular formula is C18H13F3N4. The van der Waals surface area contributed by atoms with Gasteiger partial charge in [-0.1, -0.05) is 30.3 Å². The normalized spacial score (nSPS) is 12.0. The predicted molar refractivity (Wildman–Crippen MR) is 87.4 cm³/mol. The van der Waals surface area contributed by atoms with E-state index in [0.717, 1.165) is 5.69 Å². The van der Waals surface area contributed by atoms with Crippen LogP contribution in [0.2, 0.25) is 0 Å². The molecule has 2 heterocycles. The summed E-state index contributed by atoms with van der Waals surface area (Å²) in [6.45, 7) is 0.0438. The molecule has 0 atom stereocenters. The van der Waals surface area contributed by atoms with Crippen LogP contribution in [0.25, 0.3) is 16.7 Å². The van der Waals surface area contributed by atoms with Gasteiger partial charge in [0, 0.05) is 11.8 Å². The second-order valence-corrected chi connectivity index (χ2v) is 5.64. The monoisotopic (exact) mass is 342 g/mol. The summed E-state index contributed by atoms with van der Waals surface area (Å²) in [5.41, 5.74) is 2.28. The summed E-state index contributed by atoms with van der Waals surface area (Å²) in [6.07, 6.45) is -1.22. The number of hydrogen-bond acceptors (Lipinski definition) is 2. The average Bonchev–Trinajstić information content (AvgIpc) is 3.21. The molecule has 0 unspecified atom stereocenters. The van der Waals surface area contributed by atoms with E-state index in [4.69, 9.17) is 0 Å². The van der Waals surface area contributed by atoms with Crippen molar-refractivity contribution in [3.63, 3.8) is 0 Å². The van der Waals surface area contributed by atoms with Gasteiger partial charge >= 0.3 is 6.18 Å². The molecule has 4 rings (SSSR count). The van der Waals surface area contributed by atoms with Gasteiger partial charge in [-0.3, -0.25) is 0 Å². The third-order valence-corrected chi connectivity index (χ3v) is 3.91. The molecule has 0 radical (unpaired) electrons. The van der Waals surface area contributed by atoms with Crippen LogP contribution in [0.1, 0.15) is 11.4 Å². The van der Waals surface area contributed by atoms with Gasteiger partial charge in [0.2, 0.25) is 5.82 Å². The zero-order valence-electron chi connectivity index (χ0n) is 13.0. The minimum atomic E-state index is -4.52. The lowest BCUT2D eigenvalue weighted by Gasteiger charge is -2.10. The van der Waals surface area contributed by atoms with Crippen molar-refractivity contribution in [2.45, 2.75) is 12.7 Å². The molecule has 0 aliphatic carbocycles. The topological polar surface area (TPSA) is 35.6 Å². The Morgan fingerprint density at radius 3 is 2.40 bits per heavy atom. The van der Waals surface area contributed by atoms with Crippen molar-refractivity contribution in [1.29, 1.82) is 0 Å². The lowest BCUT2D eigenvalue weighted by Crippen LogP contribution is -2.15. The number of nitrogens with zero attached hydrogens (tertiary/aromatic N) is 4. The lowest BCUT2D eigenvalue weighted by atomic mass is 10.3. The number of hydrogen-bond donors (Lipinski definition) is 0. The van der Waals surface area contributed by atoms with E-state index >= 15 is 0 Å². The van der Waals surface area contributed by atoms with Crippen LogP contribution >= 0.6 is 0 Å². The quantitative estimate of drug-likeness (QED) is 0.557. The molecule has 0 fully saturated rings. The molecule has 7 heteroatoms. The Bertz CT molecular complexity index is 1020. The minimum Gasteiger partial charge on any atom is -0.316 e. The molecule has 0 amide bonds. The van der Waals surface area contributed by atoms with Crippen LogP contribution in [0, 0.1) is 0 Å². The Labute approximate surface area is 141 Å². The maximum atomic E-state index is 13.4. The Balaban J connectivity index is 1.75. The average molecular weight is 342 g/mol. The van der Waals surface area contributed by atoms with Gasteiger partial charge < -0.3 is 4.57 Å². The summed E-state index contributed by atoms with van der Waals surface area (Å²) in [6, 6.07) is 16.0. The molecule has 0 saturated heterocycles. The maximum Gasteiger partial charge on any atom is 0.449 e. The highest BCUT2D eigenvalue weighted by atomic mass is 19.4. The summed E-state index contributed by atoms with van der Waals surface area (Å²) < 4.78 is 42.9. The second-order valence-electron chi connectivity index (χ2n) is 5.64. The number of imidazole rings is 1. The standard InChI is InChI=1S/C18H13F3N4/c19-18(20,21)17-23-15-8-4-5-9-16(15)24(17)11-13-10-22-25(12-13)14-6-2-1-3-7-14/h1-10,12H,11H2. The molecule has 0 aliphatic heterocycles. The van der Waals surface area contributed by atoms with Crippen LogP contribution < -0.4 is 0 Å². The first-order valence-electron chi connectivity index (χ1n) is 7.64. The van der Waals surface area contributed by atoms with Gasteiger partial charge in [0.15, 0.2) is 0 Å². The summed E-state index contributed by atoms with van der Waals surface area (Å²) in [7, 11) is 0. The minimum absolute atomic E-state index is 0.0438. The molecule has 2 aromatic heterocycles. The molecule has 0 N–H and O–H groups in total. The maximum absolute atomic E-state index is 13.4. The van der Waals surface area contributed by atoms with Crippen molar-refractivity contribution in [3.8, 4) is 5.69 Å². The van der Waals surface area contributed by atoms with Crippen molar-refractivity contribution in [2.75, 3.05) is 0 Å².